The van der Waals surface area contributed by atoms with Gasteiger partial charge >= 0.3 is 6.09 Å². The number of benzene rings is 1. The fraction of sp³-hybridized carbons (Fsp3) is 0.583. The molecule has 0 bridgehead atoms. The van der Waals surface area contributed by atoms with Crippen LogP contribution in [0, 0.1) is 16.0 Å². The predicted octanol–water partition coefficient (Wildman–Crippen LogP) is 2.58. The number of alkyl carbamates (subject to hydrolysis) is 1. The number of rotatable bonds is 8. The minimum Gasteiger partial charge on any atom is -0.444 e. The van der Waals surface area contributed by atoms with E-state index in [1.807, 2.05) is 0 Å². The van der Waals surface area contributed by atoms with Crippen LogP contribution in [0.3, 0.4) is 0 Å². The second kappa shape index (κ2) is 11.8. The molecule has 12 heteroatoms. The summed E-state index contributed by atoms with van der Waals surface area (Å²) in [4.78, 5) is 62.7. The van der Waals surface area contributed by atoms with Crippen molar-refractivity contribution >= 4 is 35.2 Å². The van der Waals surface area contributed by atoms with E-state index < -0.39 is 52.5 Å². The fourth-order valence-electron chi connectivity index (χ4n) is 3.77. The molecule has 0 unspecified atom stereocenters. The molecule has 0 aliphatic carbocycles. The van der Waals surface area contributed by atoms with Gasteiger partial charge in [0.15, 0.2) is 0 Å². The summed E-state index contributed by atoms with van der Waals surface area (Å²) in [6.45, 7) is 10.5. The average molecular weight is 506 g/mol. The van der Waals surface area contributed by atoms with Gasteiger partial charge in [0.25, 0.3) is 5.69 Å². The zero-order chi connectivity index (χ0) is 27.2. The normalized spacial score (nSPS) is 17.2. The van der Waals surface area contributed by atoms with Crippen LogP contribution < -0.4 is 16.0 Å². The van der Waals surface area contributed by atoms with Gasteiger partial charge in [0.05, 0.1) is 4.92 Å². The lowest BCUT2D eigenvalue weighted by atomic mass is 10.0. The number of carbonyl (C=O) groups is 4. The van der Waals surface area contributed by atoms with Gasteiger partial charge in [-0.25, -0.2) is 4.79 Å². The van der Waals surface area contributed by atoms with E-state index in [1.54, 1.807) is 34.6 Å². The maximum atomic E-state index is 13.1. The largest absolute Gasteiger partial charge is 0.444 e. The number of nitrogens with zero attached hydrogens (tertiary/aromatic N) is 2. The smallest absolute Gasteiger partial charge is 0.408 e. The SMILES string of the molecule is CC(C)[C@H](NC(=O)[C@@H]1CCCN1C(=O)[C@H](C)NC(=O)OC(C)(C)C)C(=O)Nc1ccc([N+](=O)[O-])cc1. The first-order valence-corrected chi connectivity index (χ1v) is 11.8. The Labute approximate surface area is 210 Å². The number of ether oxygens (including phenoxy) is 1. The van der Waals surface area contributed by atoms with Crippen LogP contribution in [-0.4, -0.2) is 63.9 Å². The van der Waals surface area contributed by atoms with Crippen LogP contribution in [0.5, 0.6) is 0 Å². The van der Waals surface area contributed by atoms with Crippen molar-refractivity contribution in [2.24, 2.45) is 5.92 Å². The van der Waals surface area contributed by atoms with Crippen molar-refractivity contribution in [3.8, 4) is 0 Å². The van der Waals surface area contributed by atoms with E-state index in [2.05, 4.69) is 16.0 Å². The zero-order valence-corrected chi connectivity index (χ0v) is 21.5. The number of likely N-dealkylation sites (tertiary alicyclic amines) is 1. The molecule has 12 nitrogen and oxygen atoms in total. The van der Waals surface area contributed by atoms with Gasteiger partial charge in [0.2, 0.25) is 17.7 Å². The van der Waals surface area contributed by atoms with Gasteiger partial charge in [0.1, 0.15) is 23.7 Å². The number of carbonyl (C=O) groups excluding carboxylic acids is 4. The van der Waals surface area contributed by atoms with Crippen molar-refractivity contribution < 1.29 is 28.8 Å². The van der Waals surface area contributed by atoms with E-state index in [0.29, 0.717) is 25.1 Å². The van der Waals surface area contributed by atoms with E-state index in [1.165, 1.54) is 36.1 Å². The van der Waals surface area contributed by atoms with Crippen LogP contribution in [0.1, 0.15) is 54.4 Å². The number of nitro benzene ring substituents is 1. The zero-order valence-electron chi connectivity index (χ0n) is 21.5. The summed E-state index contributed by atoms with van der Waals surface area (Å²) in [6, 6.07) is 2.77. The third-order valence-electron chi connectivity index (χ3n) is 5.53. The van der Waals surface area contributed by atoms with E-state index in [0.717, 1.165) is 0 Å². The summed E-state index contributed by atoms with van der Waals surface area (Å²) in [5.74, 6) is -1.65. The van der Waals surface area contributed by atoms with E-state index >= 15 is 0 Å². The third-order valence-corrected chi connectivity index (χ3v) is 5.53. The summed E-state index contributed by atoms with van der Waals surface area (Å²) >= 11 is 0. The van der Waals surface area contributed by atoms with Crippen molar-refractivity contribution in [2.45, 2.75) is 78.1 Å². The maximum Gasteiger partial charge on any atom is 0.408 e. The molecule has 0 saturated carbocycles. The van der Waals surface area contributed by atoms with Gasteiger partial charge in [-0.05, 0) is 58.6 Å². The van der Waals surface area contributed by atoms with E-state index in [9.17, 15) is 29.3 Å². The molecule has 1 aromatic carbocycles. The van der Waals surface area contributed by atoms with Crippen LogP contribution in [0.4, 0.5) is 16.2 Å². The second-order valence-corrected chi connectivity index (χ2v) is 10.1. The second-order valence-electron chi connectivity index (χ2n) is 10.1. The van der Waals surface area contributed by atoms with Gasteiger partial charge in [-0.3, -0.25) is 24.5 Å². The van der Waals surface area contributed by atoms with Gasteiger partial charge in [0, 0.05) is 24.4 Å². The molecule has 4 amide bonds. The van der Waals surface area contributed by atoms with Crippen LogP contribution in [-0.2, 0) is 19.1 Å². The highest BCUT2D eigenvalue weighted by molar-refractivity contribution is 5.99. The molecule has 2 rings (SSSR count). The average Bonchev–Trinajstić information content (AvgIpc) is 3.25. The summed E-state index contributed by atoms with van der Waals surface area (Å²) in [6.07, 6.45) is 0.293. The molecule has 1 heterocycles. The van der Waals surface area contributed by atoms with Crippen molar-refractivity contribution in [3.63, 3.8) is 0 Å². The lowest BCUT2D eigenvalue weighted by Crippen LogP contribution is -2.56. The first kappa shape index (κ1) is 28.5. The standard InChI is InChI=1S/C24H35N5O7/c1-14(2)19(21(31)26-16-9-11-17(12-10-16)29(34)35)27-20(30)18-8-7-13-28(18)22(32)15(3)25-23(33)36-24(4,5)6/h9-12,14-15,18-19H,7-8,13H2,1-6H3,(H,25,33)(H,26,31)(H,27,30)/t15-,18-,19-/m0/s1. The van der Waals surface area contributed by atoms with Crippen molar-refractivity contribution in [1.29, 1.82) is 0 Å². The molecule has 1 aliphatic heterocycles. The van der Waals surface area contributed by atoms with E-state index in [4.69, 9.17) is 4.74 Å². The minimum atomic E-state index is -0.903. The van der Waals surface area contributed by atoms with Crippen LogP contribution in [0.2, 0.25) is 0 Å². The van der Waals surface area contributed by atoms with Crippen LogP contribution in [0.25, 0.3) is 0 Å². The molecule has 0 radical (unpaired) electrons. The molecule has 0 aromatic heterocycles. The Bertz CT molecular complexity index is 988. The maximum absolute atomic E-state index is 13.1. The first-order valence-electron chi connectivity index (χ1n) is 11.8. The highest BCUT2D eigenvalue weighted by Crippen LogP contribution is 2.20. The predicted molar refractivity (Wildman–Crippen MR) is 132 cm³/mol. The number of hydrogen-bond acceptors (Lipinski definition) is 7. The molecule has 1 fully saturated rings. The third kappa shape index (κ3) is 7.92. The summed E-state index contributed by atoms with van der Waals surface area (Å²) in [5, 5.41) is 18.7. The Hall–Kier alpha value is -3.70. The Kier molecular flexibility index (Phi) is 9.37. The van der Waals surface area contributed by atoms with E-state index in [-0.39, 0.29) is 11.6 Å². The van der Waals surface area contributed by atoms with Gasteiger partial charge in [-0.2, -0.15) is 0 Å². The minimum absolute atomic E-state index is 0.108. The molecular formula is C24H35N5O7. The fourth-order valence-corrected chi connectivity index (χ4v) is 3.77. The Morgan fingerprint density at radius 2 is 1.69 bits per heavy atom. The number of nitro groups is 1. The number of non-ortho nitro benzene ring substituents is 1. The number of hydrogen-bond donors (Lipinski definition) is 3. The van der Waals surface area contributed by atoms with Crippen molar-refractivity contribution in [2.75, 3.05) is 11.9 Å². The monoisotopic (exact) mass is 505 g/mol. The molecule has 36 heavy (non-hydrogen) atoms. The molecule has 0 spiro atoms. The number of anilines is 1. The molecule has 1 saturated heterocycles. The summed E-state index contributed by atoms with van der Waals surface area (Å²) in [7, 11) is 0. The van der Waals surface area contributed by atoms with Gasteiger partial charge in [-0.1, -0.05) is 13.8 Å². The van der Waals surface area contributed by atoms with Crippen molar-refractivity contribution in [3.05, 3.63) is 34.4 Å². The van der Waals surface area contributed by atoms with Gasteiger partial charge in [-0.15, -0.1) is 0 Å². The summed E-state index contributed by atoms with van der Waals surface area (Å²) in [5.41, 5.74) is -0.475. The van der Waals surface area contributed by atoms with Crippen LogP contribution in [0.15, 0.2) is 24.3 Å². The molecule has 198 valence electrons. The lowest BCUT2D eigenvalue weighted by molar-refractivity contribution is -0.384. The topological polar surface area (TPSA) is 160 Å². The van der Waals surface area contributed by atoms with Gasteiger partial charge < -0.3 is 25.6 Å². The lowest BCUT2D eigenvalue weighted by Gasteiger charge is -2.30. The molecule has 3 atom stereocenters. The number of amides is 4. The Balaban J connectivity index is 2.04. The molecule has 1 aliphatic rings. The van der Waals surface area contributed by atoms with Crippen LogP contribution >= 0.6 is 0 Å². The first-order chi connectivity index (χ1) is 16.7. The Morgan fingerprint density at radius 1 is 1.08 bits per heavy atom. The molecule has 1 aromatic rings. The van der Waals surface area contributed by atoms with Crippen molar-refractivity contribution in [1.82, 2.24) is 15.5 Å². The summed E-state index contributed by atoms with van der Waals surface area (Å²) < 4.78 is 5.19. The highest BCUT2D eigenvalue weighted by Gasteiger charge is 2.38. The quantitative estimate of drug-likeness (QED) is 0.361. The number of nitrogens with one attached hydrogen (secondary N) is 3. The molecule has 3 N–H and O–H groups in total. The molecular weight excluding hydrogens is 470 g/mol. The Morgan fingerprint density at radius 3 is 2.22 bits per heavy atom. The highest BCUT2D eigenvalue weighted by atomic mass is 16.6.